The molecule has 2 aromatic rings. The Labute approximate surface area is 120 Å². The maximum atomic E-state index is 13.6. The van der Waals surface area contributed by atoms with Crippen LogP contribution in [0.25, 0.3) is 0 Å². The lowest BCUT2D eigenvalue weighted by molar-refractivity contribution is 0.408. The van der Waals surface area contributed by atoms with E-state index in [4.69, 9.17) is 16.0 Å². The van der Waals surface area contributed by atoms with Crippen LogP contribution >= 0.6 is 11.6 Å². The molecule has 1 aromatic heterocycles. The molecule has 0 saturated carbocycles. The molecule has 1 aromatic carbocycles. The van der Waals surface area contributed by atoms with Crippen LogP contribution in [0.5, 0.6) is 0 Å². The normalized spacial score (nSPS) is 11.6. The van der Waals surface area contributed by atoms with E-state index in [1.165, 1.54) is 24.3 Å². The fourth-order valence-corrected chi connectivity index (χ4v) is 2.72. The summed E-state index contributed by atoms with van der Waals surface area (Å²) in [5.74, 6) is -0.299. The molecule has 0 saturated heterocycles. The highest BCUT2D eigenvalue weighted by molar-refractivity contribution is 7.92. The minimum Gasteiger partial charge on any atom is -0.446 e. The van der Waals surface area contributed by atoms with E-state index in [-0.39, 0.29) is 15.8 Å². The first-order valence-electron chi connectivity index (χ1n) is 5.63. The number of sulfonamides is 1. The number of hydrogen-bond acceptors (Lipinski definition) is 4. The van der Waals surface area contributed by atoms with Crippen molar-refractivity contribution < 1.29 is 17.2 Å². The average molecular weight is 319 g/mol. The first-order chi connectivity index (χ1) is 9.42. The van der Waals surface area contributed by atoms with Gasteiger partial charge in [0, 0.05) is 5.02 Å². The lowest BCUT2D eigenvalue weighted by Gasteiger charge is -2.07. The van der Waals surface area contributed by atoms with Crippen LogP contribution in [0.4, 0.5) is 10.1 Å². The zero-order valence-electron chi connectivity index (χ0n) is 10.5. The Morgan fingerprint density at radius 3 is 2.70 bits per heavy atom. The highest BCUT2D eigenvalue weighted by atomic mass is 35.5. The monoisotopic (exact) mass is 318 g/mol. The molecule has 8 heteroatoms. The summed E-state index contributed by atoms with van der Waals surface area (Å²) in [4.78, 5) is 0. The third kappa shape index (κ3) is 3.30. The van der Waals surface area contributed by atoms with Crippen LogP contribution < -0.4 is 10.0 Å². The van der Waals surface area contributed by atoms with Gasteiger partial charge in [-0.05, 0) is 37.4 Å². The molecule has 2 N–H and O–H groups in total. The topological polar surface area (TPSA) is 71.3 Å². The van der Waals surface area contributed by atoms with Gasteiger partial charge in [-0.3, -0.25) is 4.72 Å². The van der Waals surface area contributed by atoms with Crippen molar-refractivity contribution in [2.45, 2.75) is 11.6 Å². The molecule has 20 heavy (non-hydrogen) atoms. The Bertz CT molecular complexity index is 715. The van der Waals surface area contributed by atoms with Crippen molar-refractivity contribution in [2.24, 2.45) is 0 Å². The third-order valence-electron chi connectivity index (χ3n) is 2.43. The second-order valence-corrected chi connectivity index (χ2v) is 6.03. The smallest absolute Gasteiger partial charge is 0.295 e. The number of furan rings is 1. The summed E-state index contributed by atoms with van der Waals surface area (Å²) in [6.45, 7) is 0.394. The van der Waals surface area contributed by atoms with Crippen molar-refractivity contribution in [1.29, 1.82) is 0 Å². The van der Waals surface area contributed by atoms with E-state index in [1.807, 2.05) is 0 Å². The summed E-state index contributed by atoms with van der Waals surface area (Å²) < 4.78 is 44.9. The Hall–Kier alpha value is -1.57. The van der Waals surface area contributed by atoms with E-state index in [9.17, 15) is 12.8 Å². The molecular formula is C12H12ClFN2O3S. The highest BCUT2D eigenvalue weighted by Crippen LogP contribution is 2.23. The maximum Gasteiger partial charge on any atom is 0.295 e. The summed E-state index contributed by atoms with van der Waals surface area (Å²) in [6.07, 6.45) is 0. The molecule has 0 aliphatic heterocycles. The zero-order chi connectivity index (χ0) is 14.8. The first kappa shape index (κ1) is 14.8. The fourth-order valence-electron chi connectivity index (χ4n) is 1.54. The van der Waals surface area contributed by atoms with Gasteiger partial charge in [0.25, 0.3) is 10.0 Å². The predicted octanol–water partition coefficient (Wildman–Crippen LogP) is 2.59. The summed E-state index contributed by atoms with van der Waals surface area (Å²) >= 11 is 5.60. The molecule has 0 bridgehead atoms. The molecule has 0 radical (unpaired) electrons. The molecule has 0 unspecified atom stereocenters. The molecule has 0 aliphatic carbocycles. The molecule has 2 rings (SSSR count). The van der Waals surface area contributed by atoms with E-state index < -0.39 is 15.8 Å². The molecule has 0 atom stereocenters. The van der Waals surface area contributed by atoms with Gasteiger partial charge in [-0.25, -0.2) is 4.39 Å². The zero-order valence-corrected chi connectivity index (χ0v) is 12.1. The van der Waals surface area contributed by atoms with Crippen molar-refractivity contribution in [1.82, 2.24) is 5.32 Å². The molecular weight excluding hydrogens is 307 g/mol. The van der Waals surface area contributed by atoms with Gasteiger partial charge in [0.15, 0.2) is 0 Å². The number of anilines is 1. The Balaban J connectivity index is 2.26. The van der Waals surface area contributed by atoms with Gasteiger partial charge in [0.1, 0.15) is 11.6 Å². The predicted molar refractivity (Wildman–Crippen MR) is 73.7 cm³/mol. The number of nitrogens with one attached hydrogen (secondary N) is 2. The lowest BCUT2D eigenvalue weighted by atomic mass is 10.3. The molecule has 0 amide bonds. The summed E-state index contributed by atoms with van der Waals surface area (Å²) in [5.41, 5.74) is -0.194. The number of benzene rings is 1. The highest BCUT2D eigenvalue weighted by Gasteiger charge is 2.20. The Morgan fingerprint density at radius 2 is 2.05 bits per heavy atom. The second kappa shape index (κ2) is 5.82. The minimum absolute atomic E-state index is 0.180. The number of rotatable bonds is 5. The Kier molecular flexibility index (Phi) is 4.32. The molecule has 0 spiro atoms. The summed E-state index contributed by atoms with van der Waals surface area (Å²) in [6, 6.07) is 6.49. The minimum atomic E-state index is -3.97. The van der Waals surface area contributed by atoms with Gasteiger partial charge in [-0.15, -0.1) is 0 Å². The van der Waals surface area contributed by atoms with Gasteiger partial charge in [-0.2, -0.15) is 8.42 Å². The summed E-state index contributed by atoms with van der Waals surface area (Å²) in [5, 5.41) is 2.73. The second-order valence-electron chi connectivity index (χ2n) is 3.98. The van der Waals surface area contributed by atoms with E-state index in [2.05, 4.69) is 10.0 Å². The molecule has 5 nitrogen and oxygen atoms in total. The van der Waals surface area contributed by atoms with Crippen molar-refractivity contribution in [3.05, 3.63) is 46.9 Å². The van der Waals surface area contributed by atoms with Crippen LogP contribution in [-0.4, -0.2) is 15.5 Å². The molecule has 1 heterocycles. The molecule has 108 valence electrons. The van der Waals surface area contributed by atoms with Crippen LogP contribution in [0, 0.1) is 5.82 Å². The fraction of sp³-hybridized carbons (Fsp3) is 0.167. The van der Waals surface area contributed by atoms with E-state index in [1.54, 1.807) is 7.05 Å². The SMILES string of the molecule is CNCc1ccc(S(=O)(=O)Nc2ccc(Cl)cc2F)o1. The average Bonchev–Trinajstić information content (AvgIpc) is 2.83. The van der Waals surface area contributed by atoms with Gasteiger partial charge >= 0.3 is 0 Å². The summed E-state index contributed by atoms with van der Waals surface area (Å²) in [7, 11) is -2.27. The van der Waals surface area contributed by atoms with Crippen LogP contribution in [0.2, 0.25) is 5.02 Å². The van der Waals surface area contributed by atoms with Gasteiger partial charge in [0.2, 0.25) is 5.09 Å². The van der Waals surface area contributed by atoms with Gasteiger partial charge in [0.05, 0.1) is 12.2 Å². The van der Waals surface area contributed by atoms with Crippen molar-refractivity contribution in [2.75, 3.05) is 11.8 Å². The van der Waals surface area contributed by atoms with Gasteiger partial charge in [-0.1, -0.05) is 11.6 Å². The van der Waals surface area contributed by atoms with Crippen LogP contribution in [0.3, 0.4) is 0 Å². The van der Waals surface area contributed by atoms with Crippen molar-refractivity contribution in [3.8, 4) is 0 Å². The van der Waals surface area contributed by atoms with Crippen LogP contribution in [0.15, 0.2) is 39.8 Å². The Morgan fingerprint density at radius 1 is 1.30 bits per heavy atom. The van der Waals surface area contributed by atoms with Crippen molar-refractivity contribution in [3.63, 3.8) is 0 Å². The van der Waals surface area contributed by atoms with Crippen LogP contribution in [-0.2, 0) is 16.6 Å². The van der Waals surface area contributed by atoms with Crippen molar-refractivity contribution >= 4 is 27.3 Å². The quantitative estimate of drug-likeness (QED) is 0.889. The molecule has 0 aliphatic rings. The van der Waals surface area contributed by atoms with Crippen LogP contribution in [0.1, 0.15) is 5.76 Å². The number of halogens is 2. The van der Waals surface area contributed by atoms with E-state index >= 15 is 0 Å². The maximum absolute atomic E-state index is 13.6. The number of hydrogen-bond donors (Lipinski definition) is 2. The first-order valence-corrected chi connectivity index (χ1v) is 7.49. The van der Waals surface area contributed by atoms with Gasteiger partial charge < -0.3 is 9.73 Å². The van der Waals surface area contributed by atoms with E-state index in [0.717, 1.165) is 6.07 Å². The molecule has 0 fully saturated rings. The standard InChI is InChI=1S/C12H12ClFN2O3S/c1-15-7-9-3-5-12(19-9)20(17,18)16-11-4-2-8(13)6-10(11)14/h2-6,15-16H,7H2,1H3. The largest absolute Gasteiger partial charge is 0.446 e. The third-order valence-corrected chi connectivity index (χ3v) is 3.90. The van der Waals surface area contributed by atoms with E-state index in [0.29, 0.717) is 12.3 Å². The lowest BCUT2D eigenvalue weighted by Crippen LogP contribution is -2.13.